The normalized spacial score (nSPS) is 12.6. The van der Waals surface area contributed by atoms with Gasteiger partial charge in [0, 0.05) is 5.38 Å². The molecule has 0 saturated carbocycles. The summed E-state index contributed by atoms with van der Waals surface area (Å²) in [5.41, 5.74) is 4.97. The lowest BCUT2D eigenvalue weighted by molar-refractivity contribution is 0.582. The van der Waals surface area contributed by atoms with Gasteiger partial charge in [0.05, 0.1) is 11.7 Å². The summed E-state index contributed by atoms with van der Waals surface area (Å²) in [6, 6.07) is 6.59. The van der Waals surface area contributed by atoms with Crippen molar-refractivity contribution in [2.24, 2.45) is 0 Å². The Morgan fingerprint density at radius 2 is 2.17 bits per heavy atom. The lowest BCUT2D eigenvalue weighted by Crippen LogP contribution is -2.24. The van der Waals surface area contributed by atoms with Gasteiger partial charge in [-0.15, -0.1) is 5.10 Å². The highest BCUT2D eigenvalue weighted by atomic mass is 32.1. The smallest absolute Gasteiger partial charge is 0.0970 e. The van der Waals surface area contributed by atoms with Gasteiger partial charge >= 0.3 is 0 Å². The van der Waals surface area contributed by atoms with E-state index in [0.717, 1.165) is 18.7 Å². The Morgan fingerprint density at radius 1 is 1.33 bits per heavy atom. The number of aromatic nitrogens is 2. The molecule has 0 spiro atoms. The first kappa shape index (κ1) is 13.2. The summed E-state index contributed by atoms with van der Waals surface area (Å²) in [4.78, 5) is 0. The van der Waals surface area contributed by atoms with Crippen LogP contribution in [0.5, 0.6) is 0 Å². The summed E-state index contributed by atoms with van der Waals surface area (Å²) < 4.78 is 3.98. The zero-order valence-corrected chi connectivity index (χ0v) is 11.9. The molecule has 0 radical (unpaired) electrons. The molecule has 1 unspecified atom stereocenters. The van der Waals surface area contributed by atoms with E-state index < -0.39 is 0 Å². The van der Waals surface area contributed by atoms with E-state index >= 15 is 0 Å². The summed E-state index contributed by atoms with van der Waals surface area (Å²) in [6.07, 6.45) is 1.11. The molecule has 0 fully saturated rings. The molecule has 0 bridgehead atoms. The van der Waals surface area contributed by atoms with Gasteiger partial charge in [-0.3, -0.25) is 0 Å². The van der Waals surface area contributed by atoms with Crippen LogP contribution in [0.1, 0.15) is 41.8 Å². The summed E-state index contributed by atoms with van der Waals surface area (Å²) in [7, 11) is 0. The zero-order chi connectivity index (χ0) is 13.0. The molecule has 0 saturated heterocycles. The van der Waals surface area contributed by atoms with Crippen LogP contribution < -0.4 is 5.32 Å². The highest BCUT2D eigenvalue weighted by molar-refractivity contribution is 7.03. The second kappa shape index (κ2) is 6.07. The second-order valence-electron chi connectivity index (χ2n) is 4.51. The van der Waals surface area contributed by atoms with Crippen molar-refractivity contribution in [3.63, 3.8) is 0 Å². The molecule has 0 amide bonds. The van der Waals surface area contributed by atoms with E-state index in [1.807, 2.05) is 5.38 Å². The van der Waals surface area contributed by atoms with E-state index in [2.05, 4.69) is 53.9 Å². The van der Waals surface area contributed by atoms with Crippen LogP contribution >= 0.6 is 11.5 Å². The number of benzene rings is 1. The van der Waals surface area contributed by atoms with Gasteiger partial charge in [0.1, 0.15) is 0 Å². The number of aryl methyl sites for hydroxylation is 1. The third-order valence-corrected chi connectivity index (χ3v) is 3.75. The fraction of sp³-hybridized carbons (Fsp3) is 0.429. The first-order chi connectivity index (χ1) is 8.74. The minimum absolute atomic E-state index is 0.156. The highest BCUT2D eigenvalue weighted by Crippen LogP contribution is 2.25. The predicted octanol–water partition coefficient (Wildman–Crippen LogP) is 3.24. The van der Waals surface area contributed by atoms with Crippen molar-refractivity contribution in [2.45, 2.75) is 33.2 Å². The van der Waals surface area contributed by atoms with Crippen LogP contribution in [0.4, 0.5) is 0 Å². The third kappa shape index (κ3) is 2.76. The maximum Gasteiger partial charge on any atom is 0.0970 e. The lowest BCUT2D eigenvalue weighted by Gasteiger charge is -2.19. The van der Waals surface area contributed by atoms with Crippen molar-refractivity contribution in [3.8, 4) is 0 Å². The Balaban J connectivity index is 2.37. The quantitative estimate of drug-likeness (QED) is 0.898. The summed E-state index contributed by atoms with van der Waals surface area (Å²) in [6.45, 7) is 7.47. The monoisotopic (exact) mass is 261 g/mol. The maximum atomic E-state index is 4.22. The van der Waals surface area contributed by atoms with Crippen LogP contribution in [0, 0.1) is 13.8 Å². The van der Waals surface area contributed by atoms with Crippen LogP contribution in [0.25, 0.3) is 0 Å². The maximum absolute atomic E-state index is 4.22. The van der Waals surface area contributed by atoms with Gasteiger partial charge in [0.25, 0.3) is 0 Å². The van der Waals surface area contributed by atoms with Gasteiger partial charge in [0.2, 0.25) is 0 Å². The second-order valence-corrected chi connectivity index (χ2v) is 5.12. The number of hydrogen-bond donors (Lipinski definition) is 1. The van der Waals surface area contributed by atoms with Gasteiger partial charge in [-0.05, 0) is 55.0 Å². The number of rotatable bonds is 5. The van der Waals surface area contributed by atoms with E-state index in [1.54, 1.807) is 0 Å². The molecule has 1 aromatic carbocycles. The van der Waals surface area contributed by atoms with Gasteiger partial charge < -0.3 is 5.32 Å². The first-order valence-corrected chi connectivity index (χ1v) is 7.14. The van der Waals surface area contributed by atoms with Gasteiger partial charge in [-0.25, -0.2) is 0 Å². The average molecular weight is 261 g/mol. The number of nitrogens with zero attached hydrogens (tertiary/aromatic N) is 2. The Hall–Kier alpha value is -1.26. The molecular weight excluding hydrogens is 242 g/mol. The molecule has 1 heterocycles. The SMILES string of the molecule is CCCNC(c1csnn1)c1cccc(C)c1C. The van der Waals surface area contributed by atoms with Crippen LogP contribution in [0.3, 0.4) is 0 Å². The van der Waals surface area contributed by atoms with E-state index in [-0.39, 0.29) is 6.04 Å². The summed E-state index contributed by atoms with van der Waals surface area (Å²) in [5.74, 6) is 0. The van der Waals surface area contributed by atoms with Gasteiger partial charge in [-0.2, -0.15) is 0 Å². The Kier molecular flexibility index (Phi) is 4.44. The third-order valence-electron chi connectivity index (χ3n) is 3.23. The molecule has 1 aromatic heterocycles. The molecule has 2 rings (SSSR count). The van der Waals surface area contributed by atoms with Crippen molar-refractivity contribution in [1.82, 2.24) is 14.9 Å². The summed E-state index contributed by atoms with van der Waals surface area (Å²) in [5, 5.41) is 9.81. The topological polar surface area (TPSA) is 37.8 Å². The fourth-order valence-electron chi connectivity index (χ4n) is 2.05. The standard InChI is InChI=1S/C14H19N3S/c1-4-8-15-14(13-9-18-17-16-13)12-7-5-6-10(2)11(12)3/h5-7,9,14-15H,4,8H2,1-3H3. The highest BCUT2D eigenvalue weighted by Gasteiger charge is 2.18. The fourth-order valence-corrected chi connectivity index (χ4v) is 2.53. The van der Waals surface area contributed by atoms with Crippen LogP contribution in [-0.4, -0.2) is 16.1 Å². The summed E-state index contributed by atoms with van der Waals surface area (Å²) >= 11 is 1.40. The van der Waals surface area contributed by atoms with Crippen molar-refractivity contribution < 1.29 is 0 Å². The zero-order valence-electron chi connectivity index (χ0n) is 11.1. The largest absolute Gasteiger partial charge is 0.305 e. The Morgan fingerprint density at radius 3 is 2.83 bits per heavy atom. The number of hydrogen-bond acceptors (Lipinski definition) is 4. The van der Waals surface area contributed by atoms with Gasteiger partial charge in [-0.1, -0.05) is 29.6 Å². The molecular formula is C14H19N3S. The molecule has 96 valence electrons. The minimum atomic E-state index is 0.156. The van der Waals surface area contributed by atoms with E-state index in [1.165, 1.54) is 28.2 Å². The van der Waals surface area contributed by atoms with Crippen molar-refractivity contribution in [3.05, 3.63) is 46.0 Å². The molecule has 2 aromatic rings. The van der Waals surface area contributed by atoms with Crippen LogP contribution in [0.15, 0.2) is 23.6 Å². The van der Waals surface area contributed by atoms with E-state index in [0.29, 0.717) is 0 Å². The first-order valence-electron chi connectivity index (χ1n) is 6.30. The molecule has 3 nitrogen and oxygen atoms in total. The van der Waals surface area contributed by atoms with Crippen molar-refractivity contribution >= 4 is 11.5 Å². The molecule has 0 aliphatic rings. The van der Waals surface area contributed by atoms with E-state index in [4.69, 9.17) is 0 Å². The van der Waals surface area contributed by atoms with Crippen molar-refractivity contribution in [1.29, 1.82) is 0 Å². The molecule has 1 atom stereocenters. The van der Waals surface area contributed by atoms with Gasteiger partial charge in [0.15, 0.2) is 0 Å². The minimum Gasteiger partial charge on any atom is -0.305 e. The van der Waals surface area contributed by atoms with Crippen molar-refractivity contribution in [2.75, 3.05) is 6.54 Å². The lowest BCUT2D eigenvalue weighted by atomic mass is 9.96. The average Bonchev–Trinajstić information content (AvgIpc) is 2.88. The van der Waals surface area contributed by atoms with E-state index in [9.17, 15) is 0 Å². The Labute approximate surface area is 112 Å². The molecule has 0 aliphatic carbocycles. The molecule has 1 N–H and O–H groups in total. The molecule has 0 aliphatic heterocycles. The molecule has 4 heteroatoms. The predicted molar refractivity (Wildman–Crippen MR) is 76.0 cm³/mol. The Bertz CT molecular complexity index is 494. The molecule has 18 heavy (non-hydrogen) atoms. The van der Waals surface area contributed by atoms with Crippen LogP contribution in [0.2, 0.25) is 0 Å². The number of nitrogens with one attached hydrogen (secondary N) is 1. The van der Waals surface area contributed by atoms with Crippen LogP contribution in [-0.2, 0) is 0 Å².